The minimum Gasteiger partial charge on any atom is -0.272 e. The molecule has 2 N–H and O–H groups in total. The Morgan fingerprint density at radius 1 is 1.08 bits per heavy atom. The van der Waals surface area contributed by atoms with Crippen molar-refractivity contribution in [3.05, 3.63) is 69.8 Å². The third-order valence-corrected chi connectivity index (χ3v) is 4.77. The van der Waals surface area contributed by atoms with Crippen LogP contribution in [-0.2, 0) is 11.2 Å². The summed E-state index contributed by atoms with van der Waals surface area (Å²) in [7, 11) is 0. The molecule has 136 valence electrons. The number of rotatable bonds is 6. The van der Waals surface area contributed by atoms with Gasteiger partial charge in [0.1, 0.15) is 0 Å². The number of aryl methyl sites for hydroxylation is 1. The maximum Gasteiger partial charge on any atom is 0.269 e. The molecular formula is C18H19N3O4S. The second kappa shape index (κ2) is 9.00. The predicted octanol–water partition coefficient (Wildman–Crippen LogP) is 3.10. The van der Waals surface area contributed by atoms with Crippen LogP contribution in [-0.4, -0.2) is 22.0 Å². The Bertz CT molecular complexity index is 791. The molecule has 0 saturated carbocycles. The number of nitrogens with zero attached hydrogens (tertiary/aromatic N) is 1. The van der Waals surface area contributed by atoms with Gasteiger partial charge in [-0.15, -0.1) is 11.8 Å². The van der Waals surface area contributed by atoms with Crippen molar-refractivity contribution in [1.82, 2.24) is 10.9 Å². The molecule has 0 aromatic heterocycles. The average molecular weight is 373 g/mol. The summed E-state index contributed by atoms with van der Waals surface area (Å²) in [4.78, 5) is 35.0. The molecule has 1 unspecified atom stereocenters. The van der Waals surface area contributed by atoms with Gasteiger partial charge < -0.3 is 0 Å². The molecule has 0 bridgehead atoms. The lowest BCUT2D eigenvalue weighted by molar-refractivity contribution is -0.384. The topological polar surface area (TPSA) is 101 Å². The lowest BCUT2D eigenvalue weighted by atomic mass is 10.1. The lowest BCUT2D eigenvalue weighted by Crippen LogP contribution is -2.44. The number of nitro benzene ring substituents is 1. The van der Waals surface area contributed by atoms with Crippen LogP contribution in [0.15, 0.2) is 53.4 Å². The Hall–Kier alpha value is -2.87. The third kappa shape index (κ3) is 5.32. The molecule has 7 nitrogen and oxygen atoms in total. The van der Waals surface area contributed by atoms with Crippen molar-refractivity contribution < 1.29 is 14.5 Å². The van der Waals surface area contributed by atoms with E-state index in [0.29, 0.717) is 5.56 Å². The highest BCUT2D eigenvalue weighted by molar-refractivity contribution is 8.00. The molecule has 2 rings (SSSR count). The second-order valence-corrected chi connectivity index (χ2v) is 6.92. The molecule has 0 fully saturated rings. The highest BCUT2D eigenvalue weighted by Gasteiger charge is 2.16. The summed E-state index contributed by atoms with van der Waals surface area (Å²) >= 11 is 1.24. The molecule has 2 aromatic carbocycles. The molecule has 0 radical (unpaired) electrons. The van der Waals surface area contributed by atoms with E-state index in [2.05, 4.69) is 10.9 Å². The fourth-order valence-corrected chi connectivity index (χ4v) is 2.96. The first kappa shape index (κ1) is 19.5. The molecule has 0 aliphatic heterocycles. The van der Waals surface area contributed by atoms with Crippen LogP contribution in [0.25, 0.3) is 0 Å². The second-order valence-electron chi connectivity index (χ2n) is 5.50. The number of hydrogen-bond acceptors (Lipinski definition) is 5. The number of thioether (sulfide) groups is 1. The summed E-state index contributed by atoms with van der Waals surface area (Å²) in [5.74, 6) is -0.763. The van der Waals surface area contributed by atoms with Crippen molar-refractivity contribution in [2.24, 2.45) is 0 Å². The number of hydrazine groups is 1. The van der Waals surface area contributed by atoms with Gasteiger partial charge in [-0.3, -0.25) is 30.6 Å². The van der Waals surface area contributed by atoms with E-state index in [4.69, 9.17) is 0 Å². The van der Waals surface area contributed by atoms with Crippen molar-refractivity contribution in [1.29, 1.82) is 0 Å². The van der Waals surface area contributed by atoms with Crippen LogP contribution in [0.5, 0.6) is 0 Å². The molecule has 0 heterocycles. The highest BCUT2D eigenvalue weighted by Crippen LogP contribution is 2.25. The monoisotopic (exact) mass is 373 g/mol. The number of nitro groups is 1. The number of amides is 2. The summed E-state index contributed by atoms with van der Waals surface area (Å²) < 4.78 is 0. The van der Waals surface area contributed by atoms with Crippen LogP contribution >= 0.6 is 11.8 Å². The maximum absolute atomic E-state index is 12.1. The van der Waals surface area contributed by atoms with Gasteiger partial charge in [0.05, 0.1) is 10.2 Å². The van der Waals surface area contributed by atoms with Gasteiger partial charge in [0.2, 0.25) is 0 Å². The Kier molecular flexibility index (Phi) is 6.74. The van der Waals surface area contributed by atoms with Gasteiger partial charge in [0.25, 0.3) is 17.5 Å². The van der Waals surface area contributed by atoms with E-state index >= 15 is 0 Å². The summed E-state index contributed by atoms with van der Waals surface area (Å²) in [5.41, 5.74) is 6.35. The molecule has 2 amide bonds. The molecule has 8 heteroatoms. The standard InChI is InChI=1S/C18H19N3O4S/c1-3-13-4-6-14(7-5-13)18(23)20-19-17(22)12(2)26-16-10-8-15(9-11-16)21(24)25/h4-12H,3H2,1-2H3,(H,19,22)(H,20,23). The summed E-state index contributed by atoms with van der Waals surface area (Å²) in [6.45, 7) is 3.71. The van der Waals surface area contributed by atoms with Gasteiger partial charge in [-0.1, -0.05) is 19.1 Å². The van der Waals surface area contributed by atoms with E-state index < -0.39 is 16.1 Å². The largest absolute Gasteiger partial charge is 0.272 e. The Morgan fingerprint density at radius 3 is 2.23 bits per heavy atom. The zero-order valence-electron chi connectivity index (χ0n) is 14.4. The van der Waals surface area contributed by atoms with Gasteiger partial charge in [-0.25, -0.2) is 0 Å². The van der Waals surface area contributed by atoms with Crippen LogP contribution in [0, 0.1) is 10.1 Å². The summed E-state index contributed by atoms with van der Waals surface area (Å²) in [6, 6.07) is 13.1. The van der Waals surface area contributed by atoms with E-state index in [1.54, 1.807) is 31.2 Å². The van der Waals surface area contributed by atoms with Crippen LogP contribution < -0.4 is 10.9 Å². The number of benzene rings is 2. The molecule has 0 aliphatic rings. The van der Waals surface area contributed by atoms with Crippen LogP contribution in [0.4, 0.5) is 5.69 Å². The SMILES string of the molecule is CCc1ccc(C(=O)NNC(=O)C(C)Sc2ccc([N+](=O)[O-])cc2)cc1. The first-order chi connectivity index (χ1) is 12.4. The third-order valence-electron chi connectivity index (χ3n) is 3.65. The van der Waals surface area contributed by atoms with Crippen molar-refractivity contribution in [3.63, 3.8) is 0 Å². The molecule has 2 aromatic rings. The molecular weight excluding hydrogens is 354 g/mol. The Morgan fingerprint density at radius 2 is 1.69 bits per heavy atom. The van der Waals surface area contributed by atoms with Gasteiger partial charge in [-0.2, -0.15) is 0 Å². The van der Waals surface area contributed by atoms with Crippen molar-refractivity contribution >= 4 is 29.3 Å². The number of carbonyl (C=O) groups excluding carboxylic acids is 2. The summed E-state index contributed by atoms with van der Waals surface area (Å²) in [6.07, 6.45) is 0.885. The lowest BCUT2D eigenvalue weighted by Gasteiger charge is -2.13. The van der Waals surface area contributed by atoms with Crippen LogP contribution in [0.3, 0.4) is 0 Å². The number of non-ortho nitro benzene ring substituents is 1. The van der Waals surface area contributed by atoms with Crippen molar-refractivity contribution in [2.75, 3.05) is 0 Å². The minimum absolute atomic E-state index is 0.00666. The quantitative estimate of drug-likeness (QED) is 0.460. The zero-order valence-corrected chi connectivity index (χ0v) is 15.2. The van der Waals surface area contributed by atoms with Crippen LogP contribution in [0.1, 0.15) is 29.8 Å². The molecule has 0 spiro atoms. The fourth-order valence-electron chi connectivity index (χ4n) is 2.09. The van der Waals surface area contributed by atoms with E-state index in [1.807, 2.05) is 19.1 Å². The van der Waals surface area contributed by atoms with Gasteiger partial charge in [-0.05, 0) is 43.2 Å². The average Bonchev–Trinajstić information content (AvgIpc) is 2.66. The normalized spacial score (nSPS) is 11.5. The smallest absolute Gasteiger partial charge is 0.269 e. The number of carbonyl (C=O) groups is 2. The molecule has 0 saturated heterocycles. The Labute approximate surface area is 155 Å². The van der Waals surface area contributed by atoms with Gasteiger partial charge in [0.15, 0.2) is 0 Å². The molecule has 1 atom stereocenters. The molecule has 0 aliphatic carbocycles. The van der Waals surface area contributed by atoms with E-state index in [0.717, 1.165) is 16.9 Å². The van der Waals surface area contributed by atoms with Gasteiger partial charge >= 0.3 is 0 Å². The number of hydrogen-bond donors (Lipinski definition) is 2. The Balaban J connectivity index is 1.85. The van der Waals surface area contributed by atoms with E-state index in [-0.39, 0.29) is 11.6 Å². The van der Waals surface area contributed by atoms with Gasteiger partial charge in [0, 0.05) is 22.6 Å². The number of nitrogens with one attached hydrogen (secondary N) is 2. The molecule has 26 heavy (non-hydrogen) atoms. The van der Waals surface area contributed by atoms with Crippen molar-refractivity contribution in [2.45, 2.75) is 30.4 Å². The first-order valence-electron chi connectivity index (χ1n) is 8.01. The van der Waals surface area contributed by atoms with Crippen LogP contribution in [0.2, 0.25) is 0 Å². The van der Waals surface area contributed by atoms with E-state index in [1.165, 1.54) is 23.9 Å². The highest BCUT2D eigenvalue weighted by atomic mass is 32.2. The minimum atomic E-state index is -0.487. The predicted molar refractivity (Wildman–Crippen MR) is 99.8 cm³/mol. The van der Waals surface area contributed by atoms with Crippen molar-refractivity contribution in [3.8, 4) is 0 Å². The first-order valence-corrected chi connectivity index (χ1v) is 8.89. The fraction of sp³-hybridized carbons (Fsp3) is 0.222. The van der Waals surface area contributed by atoms with E-state index in [9.17, 15) is 19.7 Å². The zero-order chi connectivity index (χ0) is 19.1. The maximum atomic E-state index is 12.1. The summed E-state index contributed by atoms with van der Waals surface area (Å²) in [5, 5.41) is 10.2.